The fourth-order valence-corrected chi connectivity index (χ4v) is 2.48. The van der Waals surface area contributed by atoms with Crippen LogP contribution >= 0.6 is 0 Å². The Hall–Kier alpha value is -1.66. The number of nitrogens with zero attached hydrogens (tertiary/aromatic N) is 1. The molecule has 1 fully saturated rings. The van der Waals surface area contributed by atoms with Gasteiger partial charge in [-0.1, -0.05) is 0 Å². The van der Waals surface area contributed by atoms with E-state index >= 15 is 0 Å². The van der Waals surface area contributed by atoms with Crippen LogP contribution in [-0.2, 0) is 11.2 Å². The summed E-state index contributed by atoms with van der Waals surface area (Å²) in [5.74, 6) is -0.241. The molecule has 1 saturated heterocycles. The normalized spacial score (nSPS) is 16.2. The third kappa shape index (κ3) is 6.15. The minimum atomic E-state index is -0.560. The number of nitrogens with one attached hydrogen (secondary N) is 2. The molecule has 2 N–H and O–H groups in total. The summed E-state index contributed by atoms with van der Waals surface area (Å²) in [5.41, 5.74) is 0.600. The number of benzene rings is 1. The van der Waals surface area contributed by atoms with Gasteiger partial charge in [0.15, 0.2) is 0 Å². The Kier molecular flexibility index (Phi) is 5.96. The van der Waals surface area contributed by atoms with E-state index in [1.165, 1.54) is 6.07 Å². The molecule has 1 aliphatic rings. The molecule has 1 aromatic carbocycles. The van der Waals surface area contributed by atoms with Crippen LogP contribution < -0.4 is 10.6 Å². The highest BCUT2D eigenvalue weighted by Gasteiger charge is 2.17. The van der Waals surface area contributed by atoms with Crippen LogP contribution in [0.4, 0.5) is 14.9 Å². The molecular formula is C17H26FN3O2. The van der Waals surface area contributed by atoms with Gasteiger partial charge in [-0.2, -0.15) is 0 Å². The van der Waals surface area contributed by atoms with E-state index in [1.54, 1.807) is 32.9 Å². The van der Waals surface area contributed by atoms with Crippen molar-refractivity contribution in [2.24, 2.45) is 0 Å². The van der Waals surface area contributed by atoms with Gasteiger partial charge in [0, 0.05) is 38.4 Å². The molecule has 1 heterocycles. The molecule has 1 aromatic rings. The monoisotopic (exact) mass is 323 g/mol. The van der Waals surface area contributed by atoms with Crippen LogP contribution in [0.3, 0.4) is 0 Å². The third-order valence-electron chi connectivity index (χ3n) is 3.60. The van der Waals surface area contributed by atoms with E-state index in [9.17, 15) is 9.18 Å². The minimum Gasteiger partial charge on any atom is -0.444 e. The highest BCUT2D eigenvalue weighted by Crippen LogP contribution is 2.17. The molecule has 2 rings (SSSR count). The summed E-state index contributed by atoms with van der Waals surface area (Å²) in [6.07, 6.45) is 0.0903. The molecule has 6 heteroatoms. The van der Waals surface area contributed by atoms with Gasteiger partial charge >= 0.3 is 6.09 Å². The van der Waals surface area contributed by atoms with E-state index in [4.69, 9.17) is 4.74 Å². The summed E-state index contributed by atoms with van der Waals surface area (Å²) in [6.45, 7) is 10.1. The SMILES string of the molecule is CC(C)(C)OC(=O)Nc1ccc(F)c(CCN2CCNCC2)c1. The maximum absolute atomic E-state index is 14.0. The Morgan fingerprint density at radius 1 is 1.35 bits per heavy atom. The summed E-state index contributed by atoms with van der Waals surface area (Å²) in [7, 11) is 0. The molecule has 0 bridgehead atoms. The van der Waals surface area contributed by atoms with Gasteiger partial charge in [0.25, 0.3) is 0 Å². The maximum atomic E-state index is 14.0. The lowest BCUT2D eigenvalue weighted by Gasteiger charge is -2.27. The molecule has 0 unspecified atom stereocenters. The van der Waals surface area contributed by atoms with Gasteiger partial charge in [-0.25, -0.2) is 9.18 Å². The number of ether oxygens (including phenoxy) is 1. The van der Waals surface area contributed by atoms with Crippen molar-refractivity contribution in [2.75, 3.05) is 38.0 Å². The predicted molar refractivity (Wildman–Crippen MR) is 89.3 cm³/mol. The number of piperazine rings is 1. The largest absolute Gasteiger partial charge is 0.444 e. The molecule has 0 spiro atoms. The Balaban J connectivity index is 1.93. The summed E-state index contributed by atoms with van der Waals surface area (Å²) in [4.78, 5) is 14.1. The van der Waals surface area contributed by atoms with Crippen LogP contribution in [0.5, 0.6) is 0 Å². The fourth-order valence-electron chi connectivity index (χ4n) is 2.48. The maximum Gasteiger partial charge on any atom is 0.412 e. The molecule has 0 aromatic heterocycles. The molecule has 1 aliphatic heterocycles. The van der Waals surface area contributed by atoms with Gasteiger partial charge in [-0.15, -0.1) is 0 Å². The molecule has 0 aliphatic carbocycles. The Bertz CT molecular complexity index is 537. The summed E-state index contributed by atoms with van der Waals surface area (Å²) < 4.78 is 19.2. The number of rotatable bonds is 4. The van der Waals surface area contributed by atoms with Gasteiger partial charge in [0.2, 0.25) is 0 Å². The van der Waals surface area contributed by atoms with Crippen LogP contribution in [0.15, 0.2) is 18.2 Å². The Morgan fingerprint density at radius 2 is 2.04 bits per heavy atom. The zero-order valence-electron chi connectivity index (χ0n) is 14.1. The molecule has 0 atom stereocenters. The third-order valence-corrected chi connectivity index (χ3v) is 3.60. The van der Waals surface area contributed by atoms with Gasteiger partial charge in [-0.3, -0.25) is 5.32 Å². The van der Waals surface area contributed by atoms with Crippen molar-refractivity contribution in [2.45, 2.75) is 32.8 Å². The molecule has 0 saturated carbocycles. The number of amides is 1. The lowest BCUT2D eigenvalue weighted by atomic mass is 10.1. The van der Waals surface area contributed by atoms with Gasteiger partial charge in [-0.05, 0) is 51.0 Å². The quantitative estimate of drug-likeness (QED) is 0.894. The fraction of sp³-hybridized carbons (Fsp3) is 0.588. The van der Waals surface area contributed by atoms with Crippen molar-refractivity contribution in [3.05, 3.63) is 29.6 Å². The first kappa shape index (κ1) is 17.7. The Labute approximate surface area is 137 Å². The molecule has 128 valence electrons. The molecular weight excluding hydrogens is 297 g/mol. The van der Waals surface area contributed by atoms with Gasteiger partial charge in [0.05, 0.1) is 0 Å². The topological polar surface area (TPSA) is 53.6 Å². The molecule has 1 amide bonds. The number of carbonyl (C=O) groups excluding carboxylic acids is 1. The average molecular weight is 323 g/mol. The highest BCUT2D eigenvalue weighted by atomic mass is 19.1. The standard InChI is InChI=1S/C17H26FN3O2/c1-17(2,3)23-16(22)20-14-4-5-15(18)13(12-14)6-9-21-10-7-19-8-11-21/h4-5,12,19H,6-11H2,1-3H3,(H,20,22). The number of halogens is 1. The molecule has 5 nitrogen and oxygen atoms in total. The second kappa shape index (κ2) is 7.75. The van der Waals surface area contributed by atoms with Gasteiger partial charge < -0.3 is 15.0 Å². The first-order valence-electron chi connectivity index (χ1n) is 8.05. The van der Waals surface area contributed by atoms with Crippen molar-refractivity contribution >= 4 is 11.8 Å². The zero-order chi connectivity index (χ0) is 16.9. The highest BCUT2D eigenvalue weighted by molar-refractivity contribution is 5.84. The molecule has 0 radical (unpaired) electrons. The second-order valence-electron chi connectivity index (χ2n) is 6.77. The van der Waals surface area contributed by atoms with E-state index < -0.39 is 11.7 Å². The number of carbonyl (C=O) groups is 1. The number of anilines is 1. The zero-order valence-corrected chi connectivity index (χ0v) is 14.1. The number of hydrogen-bond donors (Lipinski definition) is 2. The van der Waals surface area contributed by atoms with Crippen LogP contribution in [0.25, 0.3) is 0 Å². The Morgan fingerprint density at radius 3 is 2.70 bits per heavy atom. The van der Waals surface area contributed by atoms with E-state index in [1.807, 2.05) is 0 Å². The lowest BCUT2D eigenvalue weighted by Crippen LogP contribution is -2.44. The van der Waals surface area contributed by atoms with Crippen LogP contribution in [-0.4, -0.2) is 49.3 Å². The smallest absolute Gasteiger partial charge is 0.412 e. The van der Waals surface area contributed by atoms with E-state index in [0.29, 0.717) is 17.7 Å². The summed E-state index contributed by atoms with van der Waals surface area (Å²) >= 11 is 0. The van der Waals surface area contributed by atoms with Crippen molar-refractivity contribution in [1.29, 1.82) is 0 Å². The van der Waals surface area contributed by atoms with E-state index in [0.717, 1.165) is 32.7 Å². The number of hydrogen-bond acceptors (Lipinski definition) is 4. The van der Waals surface area contributed by atoms with Crippen molar-refractivity contribution in [3.8, 4) is 0 Å². The van der Waals surface area contributed by atoms with Crippen LogP contribution in [0.1, 0.15) is 26.3 Å². The predicted octanol–water partition coefficient (Wildman–Crippen LogP) is 2.62. The van der Waals surface area contributed by atoms with E-state index in [-0.39, 0.29) is 5.82 Å². The van der Waals surface area contributed by atoms with Gasteiger partial charge in [0.1, 0.15) is 11.4 Å². The van der Waals surface area contributed by atoms with Crippen molar-refractivity contribution in [3.63, 3.8) is 0 Å². The van der Waals surface area contributed by atoms with Crippen LogP contribution in [0.2, 0.25) is 0 Å². The van der Waals surface area contributed by atoms with E-state index in [2.05, 4.69) is 15.5 Å². The van der Waals surface area contributed by atoms with Crippen molar-refractivity contribution in [1.82, 2.24) is 10.2 Å². The first-order valence-corrected chi connectivity index (χ1v) is 8.05. The van der Waals surface area contributed by atoms with Crippen LogP contribution in [0, 0.1) is 5.82 Å². The van der Waals surface area contributed by atoms with Crippen molar-refractivity contribution < 1.29 is 13.9 Å². The first-order chi connectivity index (χ1) is 10.8. The summed E-state index contributed by atoms with van der Waals surface area (Å²) in [5, 5.41) is 5.95. The molecule has 23 heavy (non-hydrogen) atoms. The average Bonchev–Trinajstić information content (AvgIpc) is 2.47. The minimum absolute atomic E-state index is 0.241. The second-order valence-corrected chi connectivity index (χ2v) is 6.77. The lowest BCUT2D eigenvalue weighted by molar-refractivity contribution is 0.0636. The summed E-state index contributed by atoms with van der Waals surface area (Å²) in [6, 6.07) is 4.62.